The van der Waals surface area contributed by atoms with Crippen molar-refractivity contribution in [1.29, 1.82) is 5.26 Å². The third-order valence-electron chi connectivity index (χ3n) is 5.60. The number of nitriles is 1. The molecule has 0 radical (unpaired) electrons. The fraction of sp³-hybridized carbons (Fsp3) is 0.400. The third kappa shape index (κ3) is 3.08. The summed E-state index contributed by atoms with van der Waals surface area (Å²) >= 11 is 0. The number of carbonyl (C=O) groups is 2. The van der Waals surface area contributed by atoms with E-state index in [1.165, 1.54) is 18.3 Å². The standard InChI is InChI=1S/C20H18N4O6/c1-2-29-15-8-11(7-14(24(27)28)18(15)30-6-5-21)10-22-23-19(25)16-12-3-4-13(9-12)17(16)20(23)26/h3-4,7-8,10,12-13,16-17H,2,6,9H2,1H3. The largest absolute Gasteiger partial charge is 0.490 e. The van der Waals surface area contributed by atoms with Crippen molar-refractivity contribution in [2.24, 2.45) is 28.8 Å². The van der Waals surface area contributed by atoms with Gasteiger partial charge in [-0.05, 0) is 31.2 Å². The van der Waals surface area contributed by atoms with Gasteiger partial charge in [-0.25, -0.2) is 0 Å². The normalized spacial score (nSPS) is 26.3. The summed E-state index contributed by atoms with van der Waals surface area (Å²) in [5, 5.41) is 25.1. The van der Waals surface area contributed by atoms with Crippen LogP contribution in [-0.2, 0) is 9.59 Å². The molecule has 0 aromatic heterocycles. The molecule has 2 aliphatic carbocycles. The van der Waals surface area contributed by atoms with Crippen molar-refractivity contribution in [2.75, 3.05) is 13.2 Å². The topological polar surface area (TPSA) is 135 Å². The van der Waals surface area contributed by atoms with Gasteiger partial charge in [0.15, 0.2) is 12.4 Å². The molecule has 2 amide bonds. The summed E-state index contributed by atoms with van der Waals surface area (Å²) in [6.45, 7) is 1.52. The van der Waals surface area contributed by atoms with Gasteiger partial charge in [0.1, 0.15) is 6.07 Å². The first-order valence-corrected chi connectivity index (χ1v) is 9.51. The van der Waals surface area contributed by atoms with Gasteiger partial charge in [0.25, 0.3) is 11.8 Å². The van der Waals surface area contributed by atoms with Crippen molar-refractivity contribution in [3.63, 3.8) is 0 Å². The number of nitro benzene ring substituents is 1. The van der Waals surface area contributed by atoms with Crippen LogP contribution in [0.4, 0.5) is 5.69 Å². The summed E-state index contributed by atoms with van der Waals surface area (Å²) in [5.74, 6) is -1.39. The van der Waals surface area contributed by atoms with Gasteiger partial charge in [0, 0.05) is 11.6 Å². The Morgan fingerprint density at radius 3 is 2.50 bits per heavy atom. The van der Waals surface area contributed by atoms with Crippen LogP contribution in [0.5, 0.6) is 11.5 Å². The van der Waals surface area contributed by atoms with Crippen LogP contribution in [0.15, 0.2) is 29.4 Å². The van der Waals surface area contributed by atoms with Crippen LogP contribution in [-0.4, -0.2) is 41.2 Å². The molecule has 4 rings (SSSR count). The maximum absolute atomic E-state index is 12.7. The van der Waals surface area contributed by atoms with Gasteiger partial charge >= 0.3 is 5.69 Å². The lowest BCUT2D eigenvalue weighted by Gasteiger charge is -2.13. The number of rotatable bonds is 7. The highest BCUT2D eigenvalue weighted by atomic mass is 16.6. The Morgan fingerprint density at radius 2 is 1.93 bits per heavy atom. The first-order valence-electron chi connectivity index (χ1n) is 9.51. The molecule has 10 nitrogen and oxygen atoms in total. The number of hydrogen-bond donors (Lipinski definition) is 0. The Kier molecular flexibility index (Phi) is 4.95. The first kappa shape index (κ1) is 19.6. The smallest absolute Gasteiger partial charge is 0.315 e. The molecule has 3 aliphatic rings. The van der Waals surface area contributed by atoms with E-state index in [1.54, 1.807) is 13.0 Å². The van der Waals surface area contributed by atoms with Gasteiger partial charge < -0.3 is 9.47 Å². The third-order valence-corrected chi connectivity index (χ3v) is 5.60. The van der Waals surface area contributed by atoms with Crippen molar-refractivity contribution in [3.05, 3.63) is 40.0 Å². The molecule has 1 heterocycles. The molecule has 4 unspecified atom stereocenters. The molecule has 0 spiro atoms. The molecule has 154 valence electrons. The van der Waals surface area contributed by atoms with Crippen LogP contribution in [0.2, 0.25) is 0 Å². The fourth-order valence-electron chi connectivity index (χ4n) is 4.46. The molecule has 0 N–H and O–H groups in total. The molecule has 2 bridgehead atoms. The average Bonchev–Trinajstić information content (AvgIpc) is 3.40. The van der Waals surface area contributed by atoms with Gasteiger partial charge in [-0.3, -0.25) is 19.7 Å². The molecule has 4 atom stereocenters. The number of carbonyl (C=O) groups excluding carboxylic acids is 2. The Balaban J connectivity index is 1.64. The minimum atomic E-state index is -0.660. The van der Waals surface area contributed by atoms with E-state index in [0.717, 1.165) is 11.4 Å². The number of nitro groups is 1. The first-order chi connectivity index (χ1) is 14.5. The summed E-state index contributed by atoms with van der Waals surface area (Å²) < 4.78 is 10.6. The zero-order valence-electron chi connectivity index (χ0n) is 16.1. The van der Waals surface area contributed by atoms with E-state index in [4.69, 9.17) is 14.7 Å². The lowest BCUT2D eigenvalue weighted by atomic mass is 9.85. The summed E-state index contributed by atoms with van der Waals surface area (Å²) in [4.78, 5) is 36.2. The summed E-state index contributed by atoms with van der Waals surface area (Å²) in [5.41, 5.74) is -0.149. The van der Waals surface area contributed by atoms with Gasteiger partial charge in [-0.15, -0.1) is 0 Å². The number of fused-ring (bicyclic) bond motifs is 5. The zero-order valence-corrected chi connectivity index (χ0v) is 16.1. The summed E-state index contributed by atoms with van der Waals surface area (Å²) in [6, 6.07) is 4.39. The van der Waals surface area contributed by atoms with E-state index < -0.39 is 10.6 Å². The Bertz CT molecular complexity index is 997. The Hall–Kier alpha value is -3.74. The van der Waals surface area contributed by atoms with E-state index in [0.29, 0.717) is 0 Å². The van der Waals surface area contributed by atoms with E-state index in [1.807, 2.05) is 12.2 Å². The SMILES string of the molecule is CCOc1cc(C=NN2C(=O)C3C4C=CC(C4)C3C2=O)cc([N+](=O)[O-])c1OCC#N. The van der Waals surface area contributed by atoms with Gasteiger partial charge in [-0.2, -0.15) is 15.4 Å². The molecule has 1 aliphatic heterocycles. The molecule has 1 aromatic carbocycles. The Labute approximate surface area is 171 Å². The van der Waals surface area contributed by atoms with Crippen molar-refractivity contribution in [3.8, 4) is 17.6 Å². The molecule has 10 heteroatoms. The monoisotopic (exact) mass is 410 g/mol. The van der Waals surface area contributed by atoms with Crippen LogP contribution in [0.3, 0.4) is 0 Å². The fourth-order valence-corrected chi connectivity index (χ4v) is 4.46. The molecular formula is C20H18N4O6. The van der Waals surface area contributed by atoms with Crippen molar-refractivity contribution < 1.29 is 24.0 Å². The zero-order chi connectivity index (χ0) is 21.4. The minimum Gasteiger partial charge on any atom is -0.490 e. The van der Waals surface area contributed by atoms with Crippen LogP contribution < -0.4 is 9.47 Å². The predicted molar refractivity (Wildman–Crippen MR) is 103 cm³/mol. The van der Waals surface area contributed by atoms with E-state index >= 15 is 0 Å². The number of amides is 2. The lowest BCUT2D eigenvalue weighted by molar-refractivity contribution is -0.385. The highest BCUT2D eigenvalue weighted by Gasteiger charge is 2.59. The van der Waals surface area contributed by atoms with Gasteiger partial charge in [0.05, 0.1) is 29.6 Å². The van der Waals surface area contributed by atoms with Gasteiger partial charge in [-0.1, -0.05) is 12.2 Å². The van der Waals surface area contributed by atoms with Crippen molar-refractivity contribution in [1.82, 2.24) is 5.01 Å². The molecular weight excluding hydrogens is 392 g/mol. The van der Waals surface area contributed by atoms with Crippen molar-refractivity contribution in [2.45, 2.75) is 13.3 Å². The molecule has 1 aromatic rings. The summed E-state index contributed by atoms with van der Waals surface area (Å²) in [7, 11) is 0. The minimum absolute atomic E-state index is 0.0684. The van der Waals surface area contributed by atoms with E-state index in [2.05, 4.69) is 5.10 Å². The number of hydrogen-bond acceptors (Lipinski definition) is 8. The number of allylic oxidation sites excluding steroid dienone is 2. The lowest BCUT2D eigenvalue weighted by Crippen LogP contribution is -2.28. The second kappa shape index (κ2) is 7.59. The van der Waals surface area contributed by atoms with Crippen LogP contribution >= 0.6 is 0 Å². The van der Waals surface area contributed by atoms with E-state index in [-0.39, 0.29) is 65.8 Å². The molecule has 2 fully saturated rings. The maximum atomic E-state index is 12.7. The van der Waals surface area contributed by atoms with Crippen LogP contribution in [0, 0.1) is 45.1 Å². The van der Waals surface area contributed by atoms with Gasteiger partial charge in [0.2, 0.25) is 5.75 Å². The maximum Gasteiger partial charge on any atom is 0.315 e. The average molecular weight is 410 g/mol. The van der Waals surface area contributed by atoms with Crippen LogP contribution in [0.1, 0.15) is 18.9 Å². The molecule has 30 heavy (non-hydrogen) atoms. The van der Waals surface area contributed by atoms with Crippen LogP contribution in [0.25, 0.3) is 0 Å². The number of imide groups is 1. The Morgan fingerprint density at radius 1 is 1.27 bits per heavy atom. The second-order valence-corrected chi connectivity index (χ2v) is 7.24. The number of nitrogens with zero attached hydrogens (tertiary/aromatic N) is 4. The highest BCUT2D eigenvalue weighted by Crippen LogP contribution is 2.52. The van der Waals surface area contributed by atoms with Crippen molar-refractivity contribution >= 4 is 23.7 Å². The second-order valence-electron chi connectivity index (χ2n) is 7.24. The number of benzene rings is 1. The quantitative estimate of drug-likeness (QED) is 0.221. The number of ether oxygens (including phenoxy) is 2. The number of hydrazone groups is 1. The highest BCUT2D eigenvalue weighted by molar-refractivity contribution is 6.06. The predicted octanol–water partition coefficient (Wildman–Crippen LogP) is 2.04. The summed E-state index contributed by atoms with van der Waals surface area (Å²) in [6.07, 6.45) is 6.01. The molecule has 1 saturated carbocycles. The van der Waals surface area contributed by atoms with E-state index in [9.17, 15) is 19.7 Å². The molecule has 1 saturated heterocycles.